The number of carbonyl (C=O) groups is 1. The molecular weight excluding hydrogens is 344 g/mol. The van der Waals surface area contributed by atoms with Crippen LogP contribution < -0.4 is 9.62 Å². The smallest absolute Gasteiger partial charge is 0.261 e. The number of amides is 1. The fourth-order valence-corrected chi connectivity index (χ4v) is 4.23. The lowest BCUT2D eigenvalue weighted by Gasteiger charge is -2.26. The fourth-order valence-electron chi connectivity index (χ4n) is 2.57. The highest BCUT2D eigenvalue weighted by atomic mass is 32.2. The van der Waals surface area contributed by atoms with Crippen molar-refractivity contribution in [1.82, 2.24) is 5.32 Å². The van der Waals surface area contributed by atoms with Crippen LogP contribution in [-0.2, 0) is 16.4 Å². The van der Waals surface area contributed by atoms with E-state index in [1.54, 1.807) is 6.07 Å². The lowest BCUT2D eigenvalue weighted by molar-refractivity contribution is 0.0959. The minimum Gasteiger partial charge on any atom is -0.350 e. The predicted octanol–water partition coefficient (Wildman–Crippen LogP) is 2.81. The molecule has 0 bridgehead atoms. The van der Waals surface area contributed by atoms with Gasteiger partial charge in [-0.15, -0.1) is 11.3 Å². The highest BCUT2D eigenvalue weighted by Crippen LogP contribution is 2.27. The molecule has 0 aliphatic heterocycles. The number of sulfonamides is 1. The summed E-state index contributed by atoms with van der Waals surface area (Å²) >= 11 is 1.36. The van der Waals surface area contributed by atoms with Gasteiger partial charge >= 0.3 is 0 Å². The van der Waals surface area contributed by atoms with Crippen LogP contribution in [0.15, 0.2) is 35.7 Å². The number of para-hydroxylation sites is 1. The highest BCUT2D eigenvalue weighted by molar-refractivity contribution is 7.92. The van der Waals surface area contributed by atoms with E-state index in [2.05, 4.69) is 5.32 Å². The molecule has 1 aromatic heterocycles. The maximum absolute atomic E-state index is 12.3. The summed E-state index contributed by atoms with van der Waals surface area (Å²) in [7, 11) is -3.44. The van der Waals surface area contributed by atoms with Gasteiger partial charge in [0.25, 0.3) is 5.91 Å². The third kappa shape index (κ3) is 4.36. The number of benzene rings is 1. The van der Waals surface area contributed by atoms with E-state index >= 15 is 0 Å². The largest absolute Gasteiger partial charge is 0.350 e. The second-order valence-corrected chi connectivity index (χ2v) is 8.36. The molecule has 130 valence electrons. The third-order valence-electron chi connectivity index (χ3n) is 3.70. The molecular formula is C17H22N2O3S2. The monoisotopic (exact) mass is 366 g/mol. The number of nitrogens with one attached hydrogen (secondary N) is 1. The van der Waals surface area contributed by atoms with Crippen LogP contribution in [0.4, 0.5) is 5.69 Å². The molecule has 0 aliphatic rings. The molecule has 2 rings (SSSR count). The lowest BCUT2D eigenvalue weighted by atomic mass is 10.1. The molecule has 1 aromatic carbocycles. The number of carbonyl (C=O) groups excluding carboxylic acids is 1. The first-order valence-corrected chi connectivity index (χ1v) is 10.4. The van der Waals surface area contributed by atoms with Gasteiger partial charge in [0.05, 0.1) is 23.4 Å². The van der Waals surface area contributed by atoms with E-state index in [4.69, 9.17) is 0 Å². The summed E-state index contributed by atoms with van der Waals surface area (Å²) in [5, 5.41) is 4.61. The Morgan fingerprint density at radius 3 is 2.58 bits per heavy atom. The highest BCUT2D eigenvalue weighted by Gasteiger charge is 2.21. The predicted molar refractivity (Wildman–Crippen MR) is 99.4 cm³/mol. The van der Waals surface area contributed by atoms with E-state index in [0.29, 0.717) is 10.6 Å². The quantitative estimate of drug-likeness (QED) is 0.819. The minimum absolute atomic E-state index is 0.182. The van der Waals surface area contributed by atoms with Crippen LogP contribution in [0.25, 0.3) is 0 Å². The van der Waals surface area contributed by atoms with Crippen molar-refractivity contribution in [3.8, 4) is 0 Å². The summed E-state index contributed by atoms with van der Waals surface area (Å²) in [6, 6.07) is 9.31. The van der Waals surface area contributed by atoms with E-state index < -0.39 is 10.0 Å². The summed E-state index contributed by atoms with van der Waals surface area (Å²) in [4.78, 5) is 12.6. The van der Waals surface area contributed by atoms with Crippen molar-refractivity contribution in [3.63, 3.8) is 0 Å². The first kappa shape index (κ1) is 18.5. The Morgan fingerprint density at radius 1 is 1.25 bits per heavy atom. The number of hydrogen-bond donors (Lipinski definition) is 1. The van der Waals surface area contributed by atoms with Crippen molar-refractivity contribution < 1.29 is 13.2 Å². The zero-order valence-electron chi connectivity index (χ0n) is 14.1. The molecule has 0 saturated heterocycles. The van der Waals surface area contributed by atoms with Gasteiger partial charge in [-0.1, -0.05) is 31.2 Å². The SMILES string of the molecule is CCc1cccc(C)c1N(CCNC(=O)c1cccs1)S(C)(=O)=O. The van der Waals surface area contributed by atoms with Gasteiger partial charge in [0.2, 0.25) is 10.0 Å². The zero-order chi connectivity index (χ0) is 17.7. The Balaban J connectivity index is 2.18. The number of hydrogen-bond acceptors (Lipinski definition) is 4. The molecule has 2 aromatic rings. The van der Waals surface area contributed by atoms with Gasteiger partial charge in [-0.3, -0.25) is 9.10 Å². The summed E-state index contributed by atoms with van der Waals surface area (Å²) in [5.41, 5.74) is 2.60. The van der Waals surface area contributed by atoms with Crippen molar-refractivity contribution in [2.75, 3.05) is 23.7 Å². The van der Waals surface area contributed by atoms with Gasteiger partial charge in [0.15, 0.2) is 0 Å². The first-order valence-electron chi connectivity index (χ1n) is 7.72. The van der Waals surface area contributed by atoms with Crippen LogP contribution in [0.5, 0.6) is 0 Å². The van der Waals surface area contributed by atoms with E-state index in [1.807, 2.05) is 43.5 Å². The topological polar surface area (TPSA) is 66.5 Å². The second kappa shape index (κ2) is 7.81. The van der Waals surface area contributed by atoms with Crippen LogP contribution >= 0.6 is 11.3 Å². The van der Waals surface area contributed by atoms with Gasteiger partial charge in [0.1, 0.15) is 0 Å². The Hall–Kier alpha value is -1.86. The zero-order valence-corrected chi connectivity index (χ0v) is 15.7. The van der Waals surface area contributed by atoms with E-state index in [0.717, 1.165) is 17.5 Å². The molecule has 1 heterocycles. The number of thiophene rings is 1. The third-order valence-corrected chi connectivity index (χ3v) is 5.73. The molecule has 5 nitrogen and oxygen atoms in total. The maximum atomic E-state index is 12.3. The van der Waals surface area contributed by atoms with Crippen LogP contribution in [0.2, 0.25) is 0 Å². The normalized spacial score (nSPS) is 11.3. The molecule has 1 amide bonds. The Morgan fingerprint density at radius 2 is 2.00 bits per heavy atom. The minimum atomic E-state index is -3.44. The Bertz CT molecular complexity index is 799. The van der Waals surface area contributed by atoms with E-state index in [1.165, 1.54) is 21.9 Å². The van der Waals surface area contributed by atoms with Gasteiger partial charge in [-0.05, 0) is 35.9 Å². The van der Waals surface area contributed by atoms with Gasteiger partial charge in [0, 0.05) is 6.54 Å². The van der Waals surface area contributed by atoms with Crippen molar-refractivity contribution >= 4 is 33.0 Å². The summed E-state index contributed by atoms with van der Waals surface area (Å²) in [5.74, 6) is -0.182. The molecule has 0 aliphatic carbocycles. The molecule has 24 heavy (non-hydrogen) atoms. The van der Waals surface area contributed by atoms with Crippen LogP contribution in [0.1, 0.15) is 27.7 Å². The van der Waals surface area contributed by atoms with Crippen molar-refractivity contribution in [3.05, 3.63) is 51.7 Å². The molecule has 0 fully saturated rings. The Kier molecular flexibility index (Phi) is 6.01. The molecule has 0 unspecified atom stereocenters. The van der Waals surface area contributed by atoms with Crippen molar-refractivity contribution in [2.24, 2.45) is 0 Å². The van der Waals surface area contributed by atoms with E-state index in [-0.39, 0.29) is 19.0 Å². The second-order valence-electron chi connectivity index (χ2n) is 5.50. The van der Waals surface area contributed by atoms with Gasteiger partial charge in [-0.2, -0.15) is 0 Å². The van der Waals surface area contributed by atoms with Crippen molar-refractivity contribution in [1.29, 1.82) is 0 Å². The molecule has 0 radical (unpaired) electrons. The molecule has 0 atom stereocenters. The number of aryl methyl sites for hydroxylation is 2. The summed E-state index contributed by atoms with van der Waals surface area (Å²) in [6.07, 6.45) is 1.94. The van der Waals surface area contributed by atoms with Crippen LogP contribution in [0, 0.1) is 6.92 Å². The Labute approximate surface area is 147 Å². The molecule has 0 spiro atoms. The van der Waals surface area contributed by atoms with Crippen molar-refractivity contribution in [2.45, 2.75) is 20.3 Å². The number of anilines is 1. The standard InChI is InChI=1S/C17H22N2O3S2/c1-4-14-8-5-7-13(2)16(14)19(24(3,21)22)11-10-18-17(20)15-9-6-12-23-15/h5-9,12H,4,10-11H2,1-3H3,(H,18,20). The van der Waals surface area contributed by atoms with Gasteiger partial charge < -0.3 is 5.32 Å². The average Bonchev–Trinajstić information content (AvgIpc) is 3.05. The van der Waals surface area contributed by atoms with Gasteiger partial charge in [-0.25, -0.2) is 8.42 Å². The first-order chi connectivity index (χ1) is 11.3. The molecule has 0 saturated carbocycles. The van der Waals surface area contributed by atoms with Crippen LogP contribution in [0.3, 0.4) is 0 Å². The molecule has 7 heteroatoms. The average molecular weight is 367 g/mol. The fraction of sp³-hybridized carbons (Fsp3) is 0.353. The molecule has 1 N–H and O–H groups in total. The lowest BCUT2D eigenvalue weighted by Crippen LogP contribution is -2.38. The summed E-state index contributed by atoms with van der Waals surface area (Å²) in [6.45, 7) is 4.35. The number of rotatable bonds is 7. The maximum Gasteiger partial charge on any atom is 0.261 e. The van der Waals surface area contributed by atoms with Crippen LogP contribution in [-0.4, -0.2) is 33.7 Å². The summed E-state index contributed by atoms with van der Waals surface area (Å²) < 4.78 is 25.9. The number of nitrogens with zero attached hydrogens (tertiary/aromatic N) is 1. The van der Waals surface area contributed by atoms with E-state index in [9.17, 15) is 13.2 Å².